The highest BCUT2D eigenvalue weighted by Crippen LogP contribution is 2.13. The molecule has 2 aromatic heterocycles. The van der Waals surface area contributed by atoms with Crippen LogP contribution >= 0.6 is 11.6 Å². The molecule has 5 nitrogen and oxygen atoms in total. The van der Waals surface area contributed by atoms with E-state index < -0.39 is 0 Å². The Morgan fingerprint density at radius 1 is 1.20 bits per heavy atom. The van der Waals surface area contributed by atoms with Gasteiger partial charge in [0.2, 0.25) is 5.95 Å². The molecule has 0 unspecified atom stereocenters. The summed E-state index contributed by atoms with van der Waals surface area (Å²) in [4.78, 5) is 8.72. The minimum absolute atomic E-state index is 0.561. The fourth-order valence-corrected chi connectivity index (χ4v) is 2.28. The lowest BCUT2D eigenvalue weighted by Gasteiger charge is -2.02. The molecule has 0 aliphatic carbocycles. The molecule has 1 N–H and O–H groups in total. The van der Waals surface area contributed by atoms with E-state index in [9.17, 15) is 0 Å². The Kier molecular flexibility index (Phi) is 3.28. The van der Waals surface area contributed by atoms with Crippen molar-refractivity contribution in [3.05, 3.63) is 52.3 Å². The molecular weight excluding hydrogens is 274 g/mol. The van der Waals surface area contributed by atoms with Crippen molar-refractivity contribution in [2.45, 2.75) is 20.4 Å². The van der Waals surface area contributed by atoms with Crippen LogP contribution in [0.15, 0.2) is 30.3 Å². The van der Waals surface area contributed by atoms with Gasteiger partial charge in [0.05, 0.1) is 0 Å². The summed E-state index contributed by atoms with van der Waals surface area (Å²) in [5.41, 5.74) is 3.02. The second kappa shape index (κ2) is 5.09. The van der Waals surface area contributed by atoms with Gasteiger partial charge in [-0.15, -0.1) is 5.10 Å². The average Bonchev–Trinajstić information content (AvgIpc) is 2.80. The molecule has 0 spiro atoms. The molecule has 3 aromatic rings. The van der Waals surface area contributed by atoms with Gasteiger partial charge in [0.25, 0.3) is 5.78 Å². The standard InChI is InChI=1S/C14H14ClN5/c1-9-6-10(2)20-14(17-9)18-13(19-20)16-8-11-4-3-5-12(15)7-11/h3-7H,8H2,1-2H3,(H,16,19). The Labute approximate surface area is 121 Å². The normalized spacial score (nSPS) is 10.9. The first-order valence-corrected chi connectivity index (χ1v) is 6.69. The zero-order chi connectivity index (χ0) is 14.1. The average molecular weight is 288 g/mol. The second-order valence-electron chi connectivity index (χ2n) is 4.67. The lowest BCUT2D eigenvalue weighted by atomic mass is 10.2. The van der Waals surface area contributed by atoms with Crippen LogP contribution in [0.2, 0.25) is 5.02 Å². The lowest BCUT2D eigenvalue weighted by Crippen LogP contribution is -2.01. The van der Waals surface area contributed by atoms with Crippen LogP contribution in [-0.4, -0.2) is 19.6 Å². The Morgan fingerprint density at radius 3 is 2.85 bits per heavy atom. The molecule has 6 heteroatoms. The van der Waals surface area contributed by atoms with Crippen molar-refractivity contribution in [2.75, 3.05) is 5.32 Å². The molecule has 0 amide bonds. The number of hydrogen-bond donors (Lipinski definition) is 1. The number of nitrogens with one attached hydrogen (secondary N) is 1. The van der Waals surface area contributed by atoms with Crippen molar-refractivity contribution in [2.24, 2.45) is 0 Å². The topological polar surface area (TPSA) is 55.1 Å². The Bertz CT molecular complexity index is 765. The maximum Gasteiger partial charge on any atom is 0.254 e. The summed E-state index contributed by atoms with van der Waals surface area (Å²) in [5.74, 6) is 1.17. The van der Waals surface area contributed by atoms with Gasteiger partial charge in [0.1, 0.15) is 0 Å². The van der Waals surface area contributed by atoms with Gasteiger partial charge in [-0.1, -0.05) is 23.7 Å². The summed E-state index contributed by atoms with van der Waals surface area (Å²) >= 11 is 5.96. The maximum atomic E-state index is 5.96. The number of rotatable bonds is 3. The van der Waals surface area contributed by atoms with Gasteiger partial charge in [0, 0.05) is 23.0 Å². The van der Waals surface area contributed by atoms with Gasteiger partial charge in [-0.25, -0.2) is 4.98 Å². The van der Waals surface area contributed by atoms with E-state index in [4.69, 9.17) is 11.6 Å². The number of halogens is 1. The molecule has 0 atom stereocenters. The summed E-state index contributed by atoms with van der Waals surface area (Å²) in [7, 11) is 0. The van der Waals surface area contributed by atoms with E-state index in [1.54, 1.807) is 4.52 Å². The number of benzene rings is 1. The van der Waals surface area contributed by atoms with Crippen LogP contribution < -0.4 is 5.32 Å². The van der Waals surface area contributed by atoms with E-state index in [1.807, 2.05) is 44.2 Å². The SMILES string of the molecule is Cc1cc(C)n2nc(NCc3cccc(Cl)c3)nc2n1. The third kappa shape index (κ3) is 2.58. The van der Waals surface area contributed by atoms with Gasteiger partial charge in [-0.3, -0.25) is 0 Å². The molecule has 0 radical (unpaired) electrons. The maximum absolute atomic E-state index is 5.96. The zero-order valence-corrected chi connectivity index (χ0v) is 12.0. The predicted molar refractivity (Wildman–Crippen MR) is 79.0 cm³/mol. The van der Waals surface area contributed by atoms with Crippen molar-refractivity contribution in [1.82, 2.24) is 19.6 Å². The second-order valence-corrected chi connectivity index (χ2v) is 5.11. The first kappa shape index (κ1) is 12.9. The first-order valence-electron chi connectivity index (χ1n) is 6.31. The molecule has 0 aliphatic rings. The fraction of sp³-hybridized carbons (Fsp3) is 0.214. The van der Waals surface area contributed by atoms with Crippen LogP contribution in [0.5, 0.6) is 0 Å². The van der Waals surface area contributed by atoms with Crippen LogP contribution in [0.1, 0.15) is 17.0 Å². The van der Waals surface area contributed by atoms with E-state index in [1.165, 1.54) is 0 Å². The number of hydrogen-bond acceptors (Lipinski definition) is 4. The number of anilines is 1. The van der Waals surface area contributed by atoms with Gasteiger partial charge in [-0.2, -0.15) is 9.50 Å². The predicted octanol–water partition coefficient (Wildman–Crippen LogP) is 3.01. The van der Waals surface area contributed by atoms with Crippen LogP contribution in [0, 0.1) is 13.8 Å². The van der Waals surface area contributed by atoms with Gasteiger partial charge in [0.15, 0.2) is 0 Å². The quantitative estimate of drug-likeness (QED) is 0.804. The highest BCUT2D eigenvalue weighted by molar-refractivity contribution is 6.30. The van der Waals surface area contributed by atoms with Crippen LogP contribution in [0.4, 0.5) is 5.95 Å². The van der Waals surface area contributed by atoms with Crippen molar-refractivity contribution >= 4 is 23.3 Å². The van der Waals surface area contributed by atoms with Gasteiger partial charge < -0.3 is 5.32 Å². The van der Waals surface area contributed by atoms with E-state index in [0.29, 0.717) is 18.3 Å². The molecule has 2 heterocycles. The van der Waals surface area contributed by atoms with Crippen LogP contribution in [-0.2, 0) is 6.54 Å². The summed E-state index contributed by atoms with van der Waals surface area (Å²) < 4.78 is 1.73. The molecule has 0 aliphatic heterocycles. The minimum atomic E-state index is 0.561. The van der Waals surface area contributed by atoms with E-state index in [-0.39, 0.29) is 0 Å². The van der Waals surface area contributed by atoms with Crippen LogP contribution in [0.3, 0.4) is 0 Å². The Hall–Kier alpha value is -2.14. The van der Waals surface area contributed by atoms with E-state index in [0.717, 1.165) is 22.0 Å². The smallest absolute Gasteiger partial charge is 0.254 e. The summed E-state index contributed by atoms with van der Waals surface area (Å²) in [6.07, 6.45) is 0. The van der Waals surface area contributed by atoms with Crippen molar-refractivity contribution in [3.8, 4) is 0 Å². The fourth-order valence-electron chi connectivity index (χ4n) is 2.07. The summed E-state index contributed by atoms with van der Waals surface area (Å²) in [6, 6.07) is 9.67. The molecule has 0 bridgehead atoms. The van der Waals surface area contributed by atoms with Crippen LogP contribution in [0.25, 0.3) is 5.78 Å². The minimum Gasteiger partial charge on any atom is -0.349 e. The van der Waals surface area contributed by atoms with E-state index >= 15 is 0 Å². The molecule has 1 aromatic carbocycles. The van der Waals surface area contributed by atoms with E-state index in [2.05, 4.69) is 20.4 Å². The Morgan fingerprint density at radius 2 is 2.05 bits per heavy atom. The zero-order valence-electron chi connectivity index (χ0n) is 11.3. The first-order chi connectivity index (χ1) is 9.61. The highest BCUT2D eigenvalue weighted by atomic mass is 35.5. The number of aromatic nitrogens is 4. The summed E-state index contributed by atoms with van der Waals surface area (Å²) in [5, 5.41) is 8.29. The molecule has 20 heavy (non-hydrogen) atoms. The Balaban J connectivity index is 1.83. The summed E-state index contributed by atoms with van der Waals surface area (Å²) in [6.45, 7) is 4.55. The lowest BCUT2D eigenvalue weighted by molar-refractivity contribution is 0.882. The van der Waals surface area contributed by atoms with Gasteiger partial charge in [-0.05, 0) is 37.6 Å². The highest BCUT2D eigenvalue weighted by Gasteiger charge is 2.07. The molecule has 0 saturated carbocycles. The number of fused-ring (bicyclic) bond motifs is 1. The largest absolute Gasteiger partial charge is 0.349 e. The van der Waals surface area contributed by atoms with Gasteiger partial charge >= 0.3 is 0 Å². The number of aryl methyl sites for hydroxylation is 2. The van der Waals surface area contributed by atoms with Crippen molar-refractivity contribution in [1.29, 1.82) is 0 Å². The molecule has 102 valence electrons. The van der Waals surface area contributed by atoms with Crippen molar-refractivity contribution < 1.29 is 0 Å². The molecule has 3 rings (SSSR count). The van der Waals surface area contributed by atoms with Crippen molar-refractivity contribution in [3.63, 3.8) is 0 Å². The monoisotopic (exact) mass is 287 g/mol. The number of nitrogens with zero attached hydrogens (tertiary/aromatic N) is 4. The molecule has 0 fully saturated rings. The molecule has 0 saturated heterocycles. The third-order valence-electron chi connectivity index (χ3n) is 2.96. The molecular formula is C14H14ClN5. The third-order valence-corrected chi connectivity index (χ3v) is 3.19.